The minimum atomic E-state index is -0.832. The zero-order valence-corrected chi connectivity index (χ0v) is 16.5. The van der Waals surface area contributed by atoms with Gasteiger partial charge in [0.05, 0.1) is 12.5 Å². The molecule has 0 saturated carbocycles. The van der Waals surface area contributed by atoms with Gasteiger partial charge >= 0.3 is 0 Å². The van der Waals surface area contributed by atoms with E-state index in [0.29, 0.717) is 31.0 Å². The number of fused-ring (bicyclic) bond motifs is 1. The largest absolute Gasteiger partial charge is 0.496 e. The Morgan fingerprint density at radius 2 is 2.00 bits per heavy atom. The highest BCUT2D eigenvalue weighted by molar-refractivity contribution is 6.31. The van der Waals surface area contributed by atoms with Crippen LogP contribution in [-0.2, 0) is 21.5 Å². The van der Waals surface area contributed by atoms with Crippen molar-refractivity contribution in [3.05, 3.63) is 64.7 Å². The summed E-state index contributed by atoms with van der Waals surface area (Å²) in [6.07, 6.45) is 1.96. The monoisotopic (exact) mass is 398 g/mol. The van der Waals surface area contributed by atoms with E-state index in [1.54, 1.807) is 13.2 Å². The van der Waals surface area contributed by atoms with Crippen LogP contribution in [0.1, 0.15) is 30.4 Å². The summed E-state index contributed by atoms with van der Waals surface area (Å²) in [6.45, 7) is 0.728. The summed E-state index contributed by atoms with van der Waals surface area (Å²) in [6, 6.07) is 15.2. The first-order chi connectivity index (χ1) is 13.5. The number of halogens is 1. The number of hydrogen-bond donors (Lipinski definition) is 1. The fraction of sp³-hybridized carbons (Fsp3) is 0.364. The number of benzene rings is 2. The zero-order valence-electron chi connectivity index (χ0n) is 15.8. The van der Waals surface area contributed by atoms with E-state index in [1.807, 2.05) is 47.4 Å². The number of para-hydroxylation sites is 1. The van der Waals surface area contributed by atoms with Crippen molar-refractivity contribution >= 4 is 23.4 Å². The fourth-order valence-corrected chi connectivity index (χ4v) is 4.82. The predicted molar refractivity (Wildman–Crippen MR) is 107 cm³/mol. The zero-order chi connectivity index (χ0) is 19.7. The minimum absolute atomic E-state index is 0.0979. The molecule has 2 aliphatic rings. The van der Waals surface area contributed by atoms with Crippen LogP contribution in [0, 0.1) is 0 Å². The van der Waals surface area contributed by atoms with Crippen LogP contribution in [0.5, 0.6) is 5.75 Å². The van der Waals surface area contributed by atoms with Crippen molar-refractivity contribution in [2.24, 2.45) is 0 Å². The first-order valence-electron chi connectivity index (χ1n) is 9.50. The summed E-state index contributed by atoms with van der Waals surface area (Å²) in [5, 5.41) is 3.63. The van der Waals surface area contributed by atoms with Gasteiger partial charge in [0, 0.05) is 36.1 Å². The van der Waals surface area contributed by atoms with Crippen molar-refractivity contribution in [1.82, 2.24) is 10.2 Å². The number of hydrogen-bond acceptors (Lipinski definition) is 3. The summed E-state index contributed by atoms with van der Waals surface area (Å²) in [4.78, 5) is 27.6. The Balaban J connectivity index is 1.64. The van der Waals surface area contributed by atoms with Crippen LogP contribution in [0.3, 0.4) is 0 Å². The number of carbonyl (C=O) groups excluding carboxylic acids is 2. The molecule has 2 atom stereocenters. The number of rotatable bonds is 5. The van der Waals surface area contributed by atoms with Crippen molar-refractivity contribution in [2.45, 2.75) is 37.3 Å². The van der Waals surface area contributed by atoms with Crippen LogP contribution < -0.4 is 10.1 Å². The molecule has 0 spiro atoms. The van der Waals surface area contributed by atoms with E-state index in [0.717, 1.165) is 23.3 Å². The van der Waals surface area contributed by atoms with Crippen LogP contribution in [0.15, 0.2) is 48.5 Å². The van der Waals surface area contributed by atoms with Crippen molar-refractivity contribution < 1.29 is 14.3 Å². The topological polar surface area (TPSA) is 58.6 Å². The highest BCUT2D eigenvalue weighted by atomic mass is 35.5. The molecule has 6 heteroatoms. The second-order valence-corrected chi connectivity index (χ2v) is 7.88. The van der Waals surface area contributed by atoms with Gasteiger partial charge in [-0.05, 0) is 30.5 Å². The molecule has 1 N–H and O–H groups in total. The lowest BCUT2D eigenvalue weighted by Gasteiger charge is -2.30. The molecule has 0 radical (unpaired) electrons. The van der Waals surface area contributed by atoms with Gasteiger partial charge in [-0.25, -0.2) is 0 Å². The maximum atomic E-state index is 13.5. The van der Waals surface area contributed by atoms with E-state index in [2.05, 4.69) is 5.32 Å². The Kier molecular flexibility index (Phi) is 5.02. The smallest absolute Gasteiger partial charge is 0.232 e. The normalized spacial score (nSPS) is 23.6. The number of amides is 2. The van der Waals surface area contributed by atoms with Crippen LogP contribution in [-0.4, -0.2) is 36.4 Å². The SMILES string of the molecule is COc1ccccc1CNC(=O)[C@@]1(c2ccccc2Cl)C[C@@H]2CCC(=O)N2C1. The molecule has 5 nitrogen and oxygen atoms in total. The van der Waals surface area contributed by atoms with Gasteiger partial charge < -0.3 is 15.0 Å². The highest BCUT2D eigenvalue weighted by Crippen LogP contribution is 2.45. The molecule has 0 unspecified atom stereocenters. The quantitative estimate of drug-likeness (QED) is 0.840. The van der Waals surface area contributed by atoms with Gasteiger partial charge in [-0.1, -0.05) is 48.0 Å². The maximum Gasteiger partial charge on any atom is 0.232 e. The summed E-state index contributed by atoms with van der Waals surface area (Å²) in [5.41, 5.74) is 0.861. The first-order valence-corrected chi connectivity index (χ1v) is 9.87. The van der Waals surface area contributed by atoms with Crippen molar-refractivity contribution in [3.63, 3.8) is 0 Å². The number of methoxy groups -OCH3 is 1. The van der Waals surface area contributed by atoms with Crippen LogP contribution in [0.2, 0.25) is 5.02 Å². The van der Waals surface area contributed by atoms with E-state index in [9.17, 15) is 9.59 Å². The molecule has 146 valence electrons. The van der Waals surface area contributed by atoms with Crippen LogP contribution in [0.25, 0.3) is 0 Å². The van der Waals surface area contributed by atoms with Crippen LogP contribution in [0.4, 0.5) is 0 Å². The molecule has 28 heavy (non-hydrogen) atoms. The summed E-state index contributed by atoms with van der Waals surface area (Å²) in [5.74, 6) is 0.752. The Bertz CT molecular complexity index is 916. The lowest BCUT2D eigenvalue weighted by atomic mass is 9.76. The summed E-state index contributed by atoms with van der Waals surface area (Å²) < 4.78 is 5.38. The molecule has 4 rings (SSSR count). The third-order valence-electron chi connectivity index (χ3n) is 5.93. The molecule has 2 heterocycles. The number of nitrogens with one attached hydrogen (secondary N) is 1. The second kappa shape index (κ2) is 7.47. The van der Waals surface area contributed by atoms with E-state index in [1.165, 1.54) is 0 Å². The summed E-state index contributed by atoms with van der Waals surface area (Å²) >= 11 is 6.49. The molecular weight excluding hydrogens is 376 g/mol. The van der Waals surface area contributed by atoms with Crippen LogP contribution >= 0.6 is 11.6 Å². The van der Waals surface area contributed by atoms with Gasteiger partial charge in [-0.2, -0.15) is 0 Å². The van der Waals surface area contributed by atoms with Gasteiger partial charge in [-0.3, -0.25) is 9.59 Å². The first kappa shape index (κ1) is 18.8. The standard InChI is InChI=1S/C22H23ClN2O3/c1-28-19-9-5-2-6-15(19)13-24-21(27)22(17-7-3-4-8-18(17)23)12-16-10-11-20(26)25(16)14-22/h2-9,16H,10-14H2,1H3,(H,24,27)/t16-,22-/m0/s1. The average molecular weight is 399 g/mol. The Hall–Kier alpha value is -2.53. The van der Waals surface area contributed by atoms with Gasteiger partial charge in [0.25, 0.3) is 0 Å². The average Bonchev–Trinajstić information content (AvgIpc) is 3.26. The molecule has 0 bridgehead atoms. The maximum absolute atomic E-state index is 13.5. The lowest BCUT2D eigenvalue weighted by Crippen LogP contribution is -2.47. The Morgan fingerprint density at radius 3 is 2.75 bits per heavy atom. The Morgan fingerprint density at radius 1 is 1.25 bits per heavy atom. The molecule has 2 amide bonds. The molecule has 0 aromatic heterocycles. The molecule has 2 aromatic carbocycles. The number of carbonyl (C=O) groups is 2. The molecule has 2 aromatic rings. The number of ether oxygens (including phenoxy) is 1. The van der Waals surface area contributed by atoms with E-state index in [-0.39, 0.29) is 17.9 Å². The van der Waals surface area contributed by atoms with Crippen molar-refractivity contribution in [1.29, 1.82) is 0 Å². The third kappa shape index (κ3) is 3.14. The molecule has 2 aliphatic heterocycles. The molecule has 2 saturated heterocycles. The fourth-order valence-electron chi connectivity index (χ4n) is 4.51. The predicted octanol–water partition coefficient (Wildman–Crippen LogP) is 3.30. The lowest BCUT2D eigenvalue weighted by molar-refractivity contribution is -0.129. The summed E-state index contributed by atoms with van der Waals surface area (Å²) in [7, 11) is 1.61. The number of nitrogens with zero attached hydrogens (tertiary/aromatic N) is 1. The third-order valence-corrected chi connectivity index (χ3v) is 6.26. The Labute approximate surface area is 169 Å². The molecule has 0 aliphatic carbocycles. The van der Waals surface area contributed by atoms with Crippen molar-refractivity contribution in [2.75, 3.05) is 13.7 Å². The highest BCUT2D eigenvalue weighted by Gasteiger charge is 2.54. The molecule has 2 fully saturated rings. The van der Waals surface area contributed by atoms with Gasteiger partial charge in [0.1, 0.15) is 5.75 Å². The van der Waals surface area contributed by atoms with Gasteiger partial charge in [-0.15, -0.1) is 0 Å². The molecular formula is C22H23ClN2O3. The van der Waals surface area contributed by atoms with Crippen molar-refractivity contribution in [3.8, 4) is 5.75 Å². The van der Waals surface area contributed by atoms with E-state index in [4.69, 9.17) is 16.3 Å². The van der Waals surface area contributed by atoms with Gasteiger partial charge in [0.15, 0.2) is 0 Å². The van der Waals surface area contributed by atoms with E-state index >= 15 is 0 Å². The second-order valence-electron chi connectivity index (χ2n) is 7.47. The minimum Gasteiger partial charge on any atom is -0.496 e. The van der Waals surface area contributed by atoms with Gasteiger partial charge in [0.2, 0.25) is 11.8 Å². The van der Waals surface area contributed by atoms with E-state index < -0.39 is 5.41 Å².